The molecule has 3 saturated carbocycles. The number of nitrogens with two attached hydrogens (primary N) is 6. The maximum atomic E-state index is 14.2. The van der Waals surface area contributed by atoms with E-state index in [0.29, 0.717) is 120 Å². The molecule has 6 aliphatic rings. The maximum absolute atomic E-state index is 14.2. The van der Waals surface area contributed by atoms with Crippen LogP contribution >= 0.6 is 0 Å². The number of guanidine groups is 3. The van der Waals surface area contributed by atoms with E-state index in [1.807, 2.05) is 169 Å². The molecule has 24 nitrogen and oxygen atoms in total. The van der Waals surface area contributed by atoms with Crippen LogP contribution in [-0.2, 0) is 14.4 Å². The Hall–Kier alpha value is -11.0. The Balaban J connectivity index is 0.000000166. The van der Waals surface area contributed by atoms with Crippen LogP contribution in [0.4, 0.5) is 0 Å². The molecule has 2 unspecified atom stereocenters. The predicted octanol–water partition coefficient (Wildman–Crippen LogP) is 11.0. The summed E-state index contributed by atoms with van der Waals surface area (Å²) in [7, 11) is 0. The van der Waals surface area contributed by atoms with E-state index in [9.17, 15) is 28.8 Å². The zero-order valence-corrected chi connectivity index (χ0v) is 70.3. The molecular weight excluding hydrogens is 1500 g/mol. The lowest BCUT2D eigenvalue weighted by atomic mass is 9.67. The highest BCUT2D eigenvalue weighted by Crippen LogP contribution is 2.53. The van der Waals surface area contributed by atoms with Crippen LogP contribution in [0.5, 0.6) is 0 Å². The van der Waals surface area contributed by atoms with Crippen molar-refractivity contribution in [2.24, 2.45) is 72.5 Å². The van der Waals surface area contributed by atoms with Crippen LogP contribution in [0.3, 0.4) is 0 Å². The van der Waals surface area contributed by atoms with E-state index in [-0.39, 0.29) is 101 Å². The van der Waals surface area contributed by atoms with Crippen molar-refractivity contribution in [1.29, 1.82) is 0 Å². The van der Waals surface area contributed by atoms with Crippen LogP contribution in [-0.4, -0.2) is 182 Å². The van der Waals surface area contributed by atoms with Gasteiger partial charge in [0.15, 0.2) is 17.9 Å². The highest BCUT2D eigenvalue weighted by Gasteiger charge is 2.46. The van der Waals surface area contributed by atoms with Crippen molar-refractivity contribution in [2.45, 2.75) is 190 Å². The molecule has 9 atom stereocenters. The molecule has 2 bridgehead atoms. The normalized spacial score (nSPS) is 22.3. The third kappa shape index (κ3) is 25.1. The zero-order valence-electron chi connectivity index (χ0n) is 70.3. The van der Waals surface area contributed by atoms with Gasteiger partial charge in [-0.05, 0) is 206 Å². The molecule has 0 radical (unpaired) electrons. The van der Waals surface area contributed by atoms with E-state index in [1.54, 1.807) is 0 Å². The Morgan fingerprint density at radius 1 is 0.442 bits per heavy atom. The fourth-order valence-electron chi connectivity index (χ4n) is 19.2. The number of benzene rings is 8. The van der Waals surface area contributed by atoms with Gasteiger partial charge in [0.05, 0.1) is 18.1 Å². The fraction of sp³-hybridized carbons (Fsp3) is 0.469. The van der Waals surface area contributed by atoms with Gasteiger partial charge in [-0.2, -0.15) is 0 Å². The average Bonchev–Trinajstić information content (AvgIpc) is 1.55. The van der Waals surface area contributed by atoms with Gasteiger partial charge in [0, 0.05) is 119 Å². The van der Waals surface area contributed by atoms with Crippen molar-refractivity contribution in [1.82, 2.24) is 46.6 Å². The first kappa shape index (κ1) is 88.3. The van der Waals surface area contributed by atoms with Crippen LogP contribution in [0.1, 0.15) is 190 Å². The van der Waals surface area contributed by atoms with Crippen LogP contribution < -0.4 is 66.3 Å². The summed E-state index contributed by atoms with van der Waals surface area (Å²) < 4.78 is 0. The second-order valence-corrected chi connectivity index (χ2v) is 34.2. The number of nitrogens with one attached hydrogen (secondary N) is 6. The molecule has 0 aromatic heterocycles. The summed E-state index contributed by atoms with van der Waals surface area (Å²) >= 11 is 0. The minimum absolute atomic E-state index is 0.00606. The van der Waals surface area contributed by atoms with Gasteiger partial charge in [0.1, 0.15) is 0 Å². The van der Waals surface area contributed by atoms with Crippen molar-refractivity contribution in [2.75, 3.05) is 72.0 Å². The summed E-state index contributed by atoms with van der Waals surface area (Å²) in [5, 5.41) is 26.5. The molecule has 120 heavy (non-hydrogen) atoms. The molecule has 6 amide bonds. The first-order chi connectivity index (χ1) is 58.2. The Bertz CT molecular complexity index is 4740. The molecule has 3 saturated heterocycles. The second-order valence-electron chi connectivity index (χ2n) is 34.2. The van der Waals surface area contributed by atoms with Gasteiger partial charge in [-0.1, -0.05) is 191 Å². The maximum Gasteiger partial charge on any atom is 0.251 e. The largest absolute Gasteiger partial charge is 0.370 e. The van der Waals surface area contributed by atoms with E-state index in [0.717, 1.165) is 82.9 Å². The van der Waals surface area contributed by atoms with Crippen molar-refractivity contribution in [3.05, 3.63) is 216 Å². The monoisotopic (exact) mass is 1630 g/mol. The van der Waals surface area contributed by atoms with Gasteiger partial charge in [-0.15, -0.1) is 0 Å². The second kappa shape index (κ2) is 43.8. The lowest BCUT2D eigenvalue weighted by molar-refractivity contribution is -0.136. The van der Waals surface area contributed by atoms with E-state index < -0.39 is 6.04 Å². The number of carbonyl (C=O) groups excluding carboxylic acids is 6. The highest BCUT2D eigenvalue weighted by atomic mass is 16.2. The number of carbonyl (C=O) groups is 6. The van der Waals surface area contributed by atoms with E-state index in [4.69, 9.17) is 34.4 Å². The number of hydrogen-bond donors (Lipinski definition) is 12. The Labute approximate surface area is 708 Å². The lowest BCUT2D eigenvalue weighted by Gasteiger charge is -2.43. The van der Waals surface area contributed by atoms with Crippen LogP contribution in [0.2, 0.25) is 0 Å². The number of hydrogen-bond acceptors (Lipinski definition) is 12. The zero-order chi connectivity index (χ0) is 84.3. The quantitative estimate of drug-likeness (QED) is 0.0113. The fourth-order valence-corrected chi connectivity index (χ4v) is 19.2. The minimum Gasteiger partial charge on any atom is -0.370 e. The summed E-state index contributed by atoms with van der Waals surface area (Å²) in [6.45, 7) is 10.9. The molecule has 14 rings (SSSR count). The SMILES string of the molecule is CCC1(CN2CC[C@@H](CNC(=O)c3ccc4ccccc4c3)N[C@@H](CCCN=C(N)N)C2=O)CC2CCC(C2)C1.C[C@@H](C(c1ccccc1)c1ccccc1)N1CC[C@@H](CNC(=O)c2ccc3ccccc3c2)N[C@@H](CCCN=C(N)N)C1=O.NC(N)=NCCC[C@@H]1N[C@H](CNC(=O)c2ccc3ccccc3c2)CCN(CC2CCCCC2)C1=O. The Morgan fingerprint density at radius 3 is 1.21 bits per heavy atom. The van der Waals surface area contributed by atoms with Crippen molar-refractivity contribution in [3.8, 4) is 0 Å². The molecule has 3 aliphatic heterocycles. The topological polar surface area (TPSA) is 378 Å². The third-order valence-electron chi connectivity index (χ3n) is 25.6. The van der Waals surface area contributed by atoms with E-state index in [2.05, 4.69) is 94.8 Å². The van der Waals surface area contributed by atoms with Crippen molar-refractivity contribution < 1.29 is 28.8 Å². The van der Waals surface area contributed by atoms with Gasteiger partial charge >= 0.3 is 0 Å². The van der Waals surface area contributed by atoms with Crippen LogP contribution in [0.15, 0.2) is 203 Å². The standard InChI is InChI=1S/C36H42N6O2.C32H46N6O2.C28H40N6O2/c1-25(33(27-12-4-2-5-13-27)28-14-6-3-7-15-28)42-22-20-31(41-32(35(42)44)17-10-21-39-36(37)38)24-40-34(43)30-19-18-26-11-8-9-16-29(26)23-30;1-2-32(18-22-9-10-23(16-22)19-32)21-38-15-13-27(37-28(30(38)40)8-5-14-35-31(33)34)20-36-29(39)26-12-11-24-6-3-4-7-25(24)17-26;29-28(30)31-15-6-11-25-27(36)34(19-20-7-2-1-3-8-20)16-14-24(33-25)18-32-26(35)23-13-12-21-9-4-5-10-22(21)17-23/h2-9,11-16,18-19,23,25,31-33,41H,10,17,20-22,24H2,1H3,(H,40,43)(H4,37,38,39);3-4,6-7,11-12,17,22-23,27-28,37H,2,5,8-10,13-16,18-21H2,1H3,(H,36,39)(H4,33,34,35);4-5,9-10,12-13,17,20,24-25,33H,1-3,6-8,11,14-16,18-19H2,(H,32,35)(H4,29,30,31)/t25-,31-,32-;22?,23?,27-,28-,32?;24-,25-/m000/s1. The molecule has 8 aromatic carbocycles. The minimum atomic E-state index is -0.427. The smallest absolute Gasteiger partial charge is 0.251 e. The number of fused-ring (bicyclic) bond motifs is 5. The van der Waals surface area contributed by atoms with Gasteiger partial charge in [-0.25, -0.2) is 0 Å². The van der Waals surface area contributed by atoms with E-state index in [1.165, 1.54) is 75.3 Å². The molecule has 0 spiro atoms. The van der Waals surface area contributed by atoms with Gasteiger partial charge < -0.3 is 81.0 Å². The third-order valence-corrected chi connectivity index (χ3v) is 25.6. The summed E-state index contributed by atoms with van der Waals surface area (Å²) in [6, 6.07) is 60.9. The number of rotatable bonds is 30. The number of nitrogens with zero attached hydrogens (tertiary/aromatic N) is 6. The van der Waals surface area contributed by atoms with Gasteiger partial charge in [-0.3, -0.25) is 43.7 Å². The average molecular weight is 1630 g/mol. The van der Waals surface area contributed by atoms with Gasteiger partial charge in [0.25, 0.3) is 17.7 Å². The van der Waals surface area contributed by atoms with Crippen LogP contribution in [0.25, 0.3) is 32.3 Å². The van der Waals surface area contributed by atoms with Crippen molar-refractivity contribution in [3.63, 3.8) is 0 Å². The summed E-state index contributed by atoms with van der Waals surface area (Å²) in [5.74, 6) is 2.53. The molecular formula is C96H128N18O6. The highest BCUT2D eigenvalue weighted by molar-refractivity contribution is 6.00. The molecule has 24 heteroatoms. The molecule has 8 aromatic rings. The molecule has 18 N–H and O–H groups in total. The first-order valence-electron chi connectivity index (χ1n) is 44.0. The van der Waals surface area contributed by atoms with Crippen LogP contribution in [0, 0.1) is 23.2 Å². The molecule has 3 heterocycles. The Kier molecular flexibility index (Phi) is 32.3. The summed E-state index contributed by atoms with van der Waals surface area (Å²) in [5.41, 5.74) is 37.5. The number of amides is 6. The predicted molar refractivity (Wildman–Crippen MR) is 483 cm³/mol. The molecule has 3 aliphatic carbocycles. The number of aliphatic imine (C=N–C) groups is 3. The van der Waals surface area contributed by atoms with Gasteiger partial charge in [0.2, 0.25) is 17.7 Å². The lowest BCUT2D eigenvalue weighted by Crippen LogP contribution is -2.51. The molecule has 638 valence electrons. The Morgan fingerprint density at radius 2 is 0.808 bits per heavy atom. The first-order valence-corrected chi connectivity index (χ1v) is 44.0. The van der Waals surface area contributed by atoms with E-state index >= 15 is 0 Å². The summed E-state index contributed by atoms with van der Waals surface area (Å²) in [4.78, 5) is 99.2. The molecule has 6 fully saturated rings. The summed E-state index contributed by atoms with van der Waals surface area (Å²) in [6.07, 6.45) is 20.2. The van der Waals surface area contributed by atoms with Crippen molar-refractivity contribution >= 4 is 85.6 Å².